The Balaban J connectivity index is 1.80. The lowest BCUT2D eigenvalue weighted by Crippen LogP contribution is -2.14. The standard InChI is InChI=1S/C13H10Cl2N4S/c14-9-4-3-8(5-10(9)15)12-16-17-13-19(12)18-11(6-20-13)7-1-2-7/h3-5,7H,1-2,6H2. The van der Waals surface area contributed by atoms with Crippen molar-refractivity contribution < 1.29 is 0 Å². The lowest BCUT2D eigenvalue weighted by molar-refractivity contribution is 0.754. The van der Waals surface area contributed by atoms with Gasteiger partial charge in [-0.15, -0.1) is 10.2 Å². The number of hydrogen-bond donors (Lipinski definition) is 0. The topological polar surface area (TPSA) is 43.1 Å². The van der Waals surface area contributed by atoms with Crippen LogP contribution in [-0.4, -0.2) is 26.3 Å². The van der Waals surface area contributed by atoms with Crippen LogP contribution in [0.15, 0.2) is 28.5 Å². The fourth-order valence-corrected chi connectivity index (χ4v) is 3.39. The lowest BCUT2D eigenvalue weighted by atomic mass is 10.2. The van der Waals surface area contributed by atoms with Crippen LogP contribution in [0.2, 0.25) is 10.0 Å². The van der Waals surface area contributed by atoms with Crippen LogP contribution in [0, 0.1) is 5.92 Å². The second-order valence-electron chi connectivity index (χ2n) is 4.90. The van der Waals surface area contributed by atoms with E-state index in [1.54, 1.807) is 23.9 Å². The zero-order valence-electron chi connectivity index (χ0n) is 10.4. The summed E-state index contributed by atoms with van der Waals surface area (Å²) in [5.74, 6) is 2.29. The second kappa shape index (κ2) is 4.76. The highest BCUT2D eigenvalue weighted by atomic mass is 35.5. The molecule has 0 atom stereocenters. The normalized spacial score (nSPS) is 17.8. The van der Waals surface area contributed by atoms with Crippen molar-refractivity contribution in [3.8, 4) is 11.4 Å². The number of rotatable bonds is 2. The van der Waals surface area contributed by atoms with Crippen LogP contribution in [-0.2, 0) is 0 Å². The molecule has 1 aromatic heterocycles. The predicted octanol–water partition coefficient (Wildman–Crippen LogP) is 3.97. The smallest absolute Gasteiger partial charge is 0.187 e. The SMILES string of the molecule is Clc1ccc(-c2nnc3n2N=C(C2CC2)CS3)cc1Cl. The van der Waals surface area contributed by atoms with Crippen LogP contribution in [0.4, 0.5) is 0 Å². The zero-order valence-corrected chi connectivity index (χ0v) is 12.7. The lowest BCUT2D eigenvalue weighted by Gasteiger charge is -2.13. The van der Waals surface area contributed by atoms with Crippen LogP contribution in [0.5, 0.6) is 0 Å². The Bertz CT molecular complexity index is 721. The number of benzene rings is 1. The van der Waals surface area contributed by atoms with Crippen LogP contribution in [0.3, 0.4) is 0 Å². The van der Waals surface area contributed by atoms with E-state index in [9.17, 15) is 0 Å². The summed E-state index contributed by atoms with van der Waals surface area (Å²) in [5.41, 5.74) is 2.11. The summed E-state index contributed by atoms with van der Waals surface area (Å²) in [6.07, 6.45) is 2.50. The fourth-order valence-electron chi connectivity index (χ4n) is 2.17. The summed E-state index contributed by atoms with van der Waals surface area (Å²) in [7, 11) is 0. The van der Waals surface area contributed by atoms with E-state index in [1.165, 1.54) is 18.6 Å². The van der Waals surface area contributed by atoms with E-state index in [1.807, 2.05) is 10.7 Å². The number of halogens is 2. The van der Waals surface area contributed by atoms with Crippen LogP contribution >= 0.6 is 35.0 Å². The number of nitrogens with zero attached hydrogens (tertiary/aromatic N) is 4. The molecule has 102 valence electrons. The zero-order chi connectivity index (χ0) is 13.7. The Morgan fingerprint density at radius 3 is 2.75 bits per heavy atom. The van der Waals surface area contributed by atoms with Gasteiger partial charge in [0.15, 0.2) is 5.82 Å². The first-order valence-corrected chi connectivity index (χ1v) is 8.08. The quantitative estimate of drug-likeness (QED) is 0.839. The molecule has 2 aliphatic rings. The molecule has 0 N–H and O–H groups in total. The minimum atomic E-state index is 0.511. The minimum Gasteiger partial charge on any atom is -0.187 e. The molecule has 1 fully saturated rings. The van der Waals surface area contributed by atoms with Gasteiger partial charge in [-0.3, -0.25) is 0 Å². The maximum atomic E-state index is 6.07. The van der Waals surface area contributed by atoms with E-state index < -0.39 is 0 Å². The number of fused-ring (bicyclic) bond motifs is 1. The van der Waals surface area contributed by atoms with Crippen molar-refractivity contribution >= 4 is 40.7 Å². The molecule has 4 rings (SSSR count). The molecule has 2 heterocycles. The maximum Gasteiger partial charge on any atom is 0.212 e. The monoisotopic (exact) mass is 324 g/mol. The summed E-state index contributed by atoms with van der Waals surface area (Å²) in [4.78, 5) is 0. The summed E-state index contributed by atoms with van der Waals surface area (Å²) >= 11 is 13.7. The molecule has 1 aromatic carbocycles. The Labute approximate surface area is 130 Å². The van der Waals surface area contributed by atoms with E-state index >= 15 is 0 Å². The van der Waals surface area contributed by atoms with Crippen molar-refractivity contribution in [1.82, 2.24) is 14.9 Å². The van der Waals surface area contributed by atoms with E-state index in [2.05, 4.69) is 10.2 Å². The van der Waals surface area contributed by atoms with Gasteiger partial charge in [-0.1, -0.05) is 35.0 Å². The Morgan fingerprint density at radius 1 is 1.15 bits per heavy atom. The van der Waals surface area contributed by atoms with Gasteiger partial charge >= 0.3 is 0 Å². The van der Waals surface area contributed by atoms with E-state index in [0.29, 0.717) is 21.8 Å². The van der Waals surface area contributed by atoms with Gasteiger partial charge in [-0.25, -0.2) is 0 Å². The van der Waals surface area contributed by atoms with Gasteiger partial charge in [0.25, 0.3) is 0 Å². The van der Waals surface area contributed by atoms with E-state index in [4.69, 9.17) is 28.3 Å². The molecule has 1 saturated carbocycles. The number of hydrogen-bond acceptors (Lipinski definition) is 4. The van der Waals surface area contributed by atoms with Crippen molar-refractivity contribution in [2.24, 2.45) is 11.0 Å². The average molecular weight is 325 g/mol. The third-order valence-electron chi connectivity index (χ3n) is 3.42. The number of thioether (sulfide) groups is 1. The molecule has 2 aromatic rings. The molecule has 0 spiro atoms. The van der Waals surface area contributed by atoms with Crippen molar-refractivity contribution in [2.75, 3.05) is 5.75 Å². The molecule has 0 radical (unpaired) electrons. The third-order valence-corrected chi connectivity index (χ3v) is 5.11. The van der Waals surface area contributed by atoms with Gasteiger partial charge < -0.3 is 0 Å². The van der Waals surface area contributed by atoms with Gasteiger partial charge in [-0.05, 0) is 37.0 Å². The predicted molar refractivity (Wildman–Crippen MR) is 81.8 cm³/mol. The molecule has 20 heavy (non-hydrogen) atoms. The molecule has 0 amide bonds. The molecule has 0 unspecified atom stereocenters. The Kier molecular flexibility index (Phi) is 3.02. The molecule has 0 saturated heterocycles. The summed E-state index contributed by atoms with van der Waals surface area (Å²) in [6, 6.07) is 5.45. The number of aromatic nitrogens is 3. The van der Waals surface area contributed by atoms with Crippen LogP contribution in [0.1, 0.15) is 12.8 Å². The molecule has 7 heteroatoms. The maximum absolute atomic E-state index is 6.07. The average Bonchev–Trinajstić information content (AvgIpc) is 3.22. The molecule has 0 bridgehead atoms. The fraction of sp³-hybridized carbons (Fsp3) is 0.308. The van der Waals surface area contributed by atoms with Crippen molar-refractivity contribution in [2.45, 2.75) is 18.0 Å². The van der Waals surface area contributed by atoms with Gasteiger partial charge in [0.1, 0.15) is 0 Å². The Hall–Kier alpha value is -1.04. The van der Waals surface area contributed by atoms with E-state index in [-0.39, 0.29) is 0 Å². The highest BCUT2D eigenvalue weighted by Crippen LogP contribution is 2.37. The van der Waals surface area contributed by atoms with E-state index in [0.717, 1.165) is 16.5 Å². The molecule has 4 nitrogen and oxygen atoms in total. The van der Waals surface area contributed by atoms with Crippen molar-refractivity contribution in [3.63, 3.8) is 0 Å². The first kappa shape index (κ1) is 12.7. The summed E-state index contributed by atoms with van der Waals surface area (Å²) < 4.78 is 1.82. The van der Waals surface area contributed by atoms with Crippen molar-refractivity contribution in [3.05, 3.63) is 28.2 Å². The first-order chi connectivity index (χ1) is 9.72. The second-order valence-corrected chi connectivity index (χ2v) is 6.66. The molecular weight excluding hydrogens is 315 g/mol. The third kappa shape index (κ3) is 2.14. The summed E-state index contributed by atoms with van der Waals surface area (Å²) in [5, 5.41) is 15.0. The van der Waals surface area contributed by atoms with Gasteiger partial charge in [-0.2, -0.15) is 9.78 Å². The first-order valence-electron chi connectivity index (χ1n) is 6.34. The summed E-state index contributed by atoms with van der Waals surface area (Å²) in [6.45, 7) is 0. The highest BCUT2D eigenvalue weighted by Gasteiger charge is 2.31. The Morgan fingerprint density at radius 2 is 2.00 bits per heavy atom. The van der Waals surface area contributed by atoms with Gasteiger partial charge in [0, 0.05) is 11.3 Å². The van der Waals surface area contributed by atoms with Gasteiger partial charge in [0.2, 0.25) is 5.16 Å². The largest absolute Gasteiger partial charge is 0.212 e. The van der Waals surface area contributed by atoms with Crippen LogP contribution < -0.4 is 0 Å². The molecular formula is C13H10Cl2N4S. The highest BCUT2D eigenvalue weighted by molar-refractivity contribution is 7.99. The van der Waals surface area contributed by atoms with Crippen molar-refractivity contribution in [1.29, 1.82) is 0 Å². The molecule has 1 aliphatic carbocycles. The molecule has 1 aliphatic heterocycles. The van der Waals surface area contributed by atoms with Gasteiger partial charge in [0.05, 0.1) is 15.8 Å². The minimum absolute atomic E-state index is 0.511. The van der Waals surface area contributed by atoms with Crippen LogP contribution in [0.25, 0.3) is 11.4 Å².